The van der Waals surface area contributed by atoms with Gasteiger partial charge in [-0.3, -0.25) is 5.10 Å². The van der Waals surface area contributed by atoms with E-state index in [9.17, 15) is 0 Å². The number of hydrogen-bond acceptors (Lipinski definition) is 4. The predicted molar refractivity (Wildman–Crippen MR) is 31.9 cm³/mol. The van der Waals surface area contributed by atoms with Gasteiger partial charge in [0.05, 0.1) is 0 Å². The molecule has 2 rings (SSSR count). The van der Waals surface area contributed by atoms with E-state index in [2.05, 4.69) is 24.9 Å². The van der Waals surface area contributed by atoms with Gasteiger partial charge in [0.1, 0.15) is 12.6 Å². The van der Waals surface area contributed by atoms with E-state index in [4.69, 9.17) is 0 Å². The van der Waals surface area contributed by atoms with Gasteiger partial charge in [0.2, 0.25) is 0 Å². The summed E-state index contributed by atoms with van der Waals surface area (Å²) in [4.78, 5) is 3.87. The molecule has 2 aromatic heterocycles. The minimum atomic E-state index is 0.619. The van der Waals surface area contributed by atoms with Crippen molar-refractivity contribution in [2.45, 2.75) is 0 Å². The Hall–Kier alpha value is -1.65. The van der Waals surface area contributed by atoms with E-state index in [0.29, 0.717) is 11.5 Å². The van der Waals surface area contributed by atoms with Gasteiger partial charge in [0.25, 0.3) is 0 Å². The molecule has 0 radical (unpaired) electrons. The van der Waals surface area contributed by atoms with Crippen LogP contribution in [0.15, 0.2) is 23.2 Å². The van der Waals surface area contributed by atoms with Gasteiger partial charge in [-0.05, 0) is 0 Å². The highest BCUT2D eigenvalue weighted by Gasteiger charge is 2.01. The van der Waals surface area contributed by atoms with Gasteiger partial charge in [-0.15, -0.1) is 0 Å². The Kier molecular flexibility index (Phi) is 1.00. The molecule has 0 atom stereocenters. The lowest BCUT2D eigenvalue weighted by molar-refractivity contribution is 0.422. The molecule has 0 spiro atoms. The minimum absolute atomic E-state index is 0.619. The van der Waals surface area contributed by atoms with Crippen LogP contribution in [0.5, 0.6) is 0 Å². The zero-order valence-corrected chi connectivity index (χ0v) is 4.98. The number of nitrogens with zero attached hydrogens (tertiary/aromatic N) is 3. The maximum Gasteiger partial charge on any atom is 0.177 e. The average Bonchev–Trinajstić information content (AvgIpc) is 2.59. The number of hydrogen-bond donors (Lipinski definition) is 1. The maximum absolute atomic E-state index is 4.60. The number of nitrogens with one attached hydrogen (secondary N) is 1. The SMILES string of the molecule is c1n[nH]c(-c2ccon2)n1. The molecule has 10 heavy (non-hydrogen) atoms. The Morgan fingerprint density at radius 1 is 1.50 bits per heavy atom. The maximum atomic E-state index is 4.60. The second kappa shape index (κ2) is 1.94. The van der Waals surface area contributed by atoms with Gasteiger partial charge in [0.15, 0.2) is 11.5 Å². The Labute approximate surface area is 56.1 Å². The van der Waals surface area contributed by atoms with Crippen LogP contribution >= 0.6 is 0 Å². The zero-order valence-electron chi connectivity index (χ0n) is 4.98. The van der Waals surface area contributed by atoms with Gasteiger partial charge in [0, 0.05) is 6.07 Å². The molecule has 0 unspecified atom stereocenters. The van der Waals surface area contributed by atoms with E-state index in [0.717, 1.165) is 0 Å². The molecule has 50 valence electrons. The first kappa shape index (κ1) is 5.16. The summed E-state index contributed by atoms with van der Waals surface area (Å²) in [7, 11) is 0. The highest BCUT2D eigenvalue weighted by atomic mass is 16.5. The van der Waals surface area contributed by atoms with Crippen LogP contribution in [0.4, 0.5) is 0 Å². The van der Waals surface area contributed by atoms with E-state index in [1.807, 2.05) is 0 Å². The molecule has 0 bridgehead atoms. The summed E-state index contributed by atoms with van der Waals surface area (Å²) in [5.41, 5.74) is 0.664. The van der Waals surface area contributed by atoms with Crippen LogP contribution < -0.4 is 0 Å². The molecule has 0 aliphatic carbocycles. The first-order valence-corrected chi connectivity index (χ1v) is 2.73. The molecule has 2 aromatic rings. The second-order valence-corrected chi connectivity index (χ2v) is 1.72. The summed E-state index contributed by atoms with van der Waals surface area (Å²) < 4.78 is 4.60. The van der Waals surface area contributed by atoms with Crippen LogP contribution in [-0.4, -0.2) is 20.3 Å². The summed E-state index contributed by atoms with van der Waals surface area (Å²) in [6.07, 6.45) is 2.90. The molecule has 1 N–H and O–H groups in total. The van der Waals surface area contributed by atoms with Crippen LogP contribution in [0.2, 0.25) is 0 Å². The van der Waals surface area contributed by atoms with Crippen molar-refractivity contribution in [3.63, 3.8) is 0 Å². The van der Waals surface area contributed by atoms with Crippen molar-refractivity contribution in [3.05, 3.63) is 18.7 Å². The monoisotopic (exact) mass is 136 g/mol. The smallest absolute Gasteiger partial charge is 0.177 e. The summed E-state index contributed by atoms with van der Waals surface area (Å²) >= 11 is 0. The molecule has 5 nitrogen and oxygen atoms in total. The fraction of sp³-hybridized carbons (Fsp3) is 0. The van der Waals surface area contributed by atoms with Gasteiger partial charge >= 0.3 is 0 Å². The quantitative estimate of drug-likeness (QED) is 0.618. The van der Waals surface area contributed by atoms with Crippen molar-refractivity contribution < 1.29 is 4.52 Å². The number of H-pyrrole nitrogens is 1. The third kappa shape index (κ3) is 0.680. The highest BCUT2D eigenvalue weighted by molar-refractivity contribution is 5.45. The molecule has 0 aliphatic rings. The largest absolute Gasteiger partial charge is 0.364 e. The predicted octanol–water partition coefficient (Wildman–Crippen LogP) is 0.460. The van der Waals surface area contributed by atoms with Gasteiger partial charge in [-0.25, -0.2) is 4.98 Å². The first-order valence-electron chi connectivity index (χ1n) is 2.73. The molecule has 2 heterocycles. The summed E-state index contributed by atoms with van der Waals surface area (Å²) in [5, 5.41) is 9.97. The molecule has 5 heteroatoms. The number of aromatic nitrogens is 4. The van der Waals surface area contributed by atoms with Crippen molar-refractivity contribution in [2.24, 2.45) is 0 Å². The molecule has 0 saturated heterocycles. The molecular formula is C5H4N4O. The van der Waals surface area contributed by atoms with Gasteiger partial charge in [-0.1, -0.05) is 5.16 Å². The van der Waals surface area contributed by atoms with E-state index >= 15 is 0 Å². The van der Waals surface area contributed by atoms with Crippen molar-refractivity contribution in [3.8, 4) is 11.5 Å². The Morgan fingerprint density at radius 2 is 2.50 bits per heavy atom. The van der Waals surface area contributed by atoms with Gasteiger partial charge < -0.3 is 4.52 Å². The molecule has 0 saturated carbocycles. The third-order valence-electron chi connectivity index (χ3n) is 1.10. The fourth-order valence-corrected chi connectivity index (χ4v) is 0.664. The number of aromatic amines is 1. The molecule has 0 fully saturated rings. The second-order valence-electron chi connectivity index (χ2n) is 1.72. The van der Waals surface area contributed by atoms with E-state index < -0.39 is 0 Å². The van der Waals surface area contributed by atoms with Crippen LogP contribution in [0.3, 0.4) is 0 Å². The van der Waals surface area contributed by atoms with Crippen LogP contribution in [0, 0.1) is 0 Å². The van der Waals surface area contributed by atoms with Crippen molar-refractivity contribution in [1.29, 1.82) is 0 Å². The fourth-order valence-electron chi connectivity index (χ4n) is 0.664. The lowest BCUT2D eigenvalue weighted by Gasteiger charge is -1.80. The Morgan fingerprint density at radius 3 is 3.10 bits per heavy atom. The van der Waals surface area contributed by atoms with Crippen molar-refractivity contribution >= 4 is 0 Å². The lowest BCUT2D eigenvalue weighted by Crippen LogP contribution is -1.78. The average molecular weight is 136 g/mol. The summed E-state index contributed by atoms with van der Waals surface area (Å²) in [6, 6.07) is 1.71. The topological polar surface area (TPSA) is 67.6 Å². The standard InChI is InChI=1S/C5H4N4O/c1-2-10-9-4(1)5-6-3-7-8-5/h1-3H,(H,6,7,8). The highest BCUT2D eigenvalue weighted by Crippen LogP contribution is 2.07. The normalized spacial score (nSPS) is 10.0. The molecule has 0 aromatic carbocycles. The van der Waals surface area contributed by atoms with Crippen molar-refractivity contribution in [1.82, 2.24) is 20.3 Å². The van der Waals surface area contributed by atoms with Crippen LogP contribution in [-0.2, 0) is 0 Å². The van der Waals surface area contributed by atoms with E-state index in [-0.39, 0.29) is 0 Å². The lowest BCUT2D eigenvalue weighted by atomic mass is 10.4. The zero-order chi connectivity index (χ0) is 6.81. The Bertz CT molecular complexity index is 253. The van der Waals surface area contributed by atoms with Crippen molar-refractivity contribution in [2.75, 3.05) is 0 Å². The first-order chi connectivity index (χ1) is 4.97. The third-order valence-corrected chi connectivity index (χ3v) is 1.10. The minimum Gasteiger partial charge on any atom is -0.364 e. The summed E-state index contributed by atoms with van der Waals surface area (Å²) in [6.45, 7) is 0. The van der Waals surface area contributed by atoms with E-state index in [1.165, 1.54) is 12.6 Å². The molecular weight excluding hydrogens is 132 g/mol. The van der Waals surface area contributed by atoms with Crippen LogP contribution in [0.25, 0.3) is 11.5 Å². The molecule has 0 amide bonds. The number of rotatable bonds is 1. The van der Waals surface area contributed by atoms with Gasteiger partial charge in [-0.2, -0.15) is 5.10 Å². The van der Waals surface area contributed by atoms with E-state index in [1.54, 1.807) is 6.07 Å². The Balaban J connectivity index is 2.48. The molecule has 0 aliphatic heterocycles. The van der Waals surface area contributed by atoms with Crippen LogP contribution in [0.1, 0.15) is 0 Å². The summed E-state index contributed by atoms with van der Waals surface area (Å²) in [5.74, 6) is 0.619.